The molecule has 2 unspecified atom stereocenters. The summed E-state index contributed by atoms with van der Waals surface area (Å²) in [6.45, 7) is 0.937. The number of rotatable bonds is 6. The standard InChI is InChI=1S/C21H25N3O4S/c1-29(27,28)19-9-10-20(21(13-19)24(25)26)22-16-11-17-7-8-18(12-16)23(17)14-15-5-3-2-4-6-15/h2-6,9-10,13,16-18,22H,7-8,11-12,14H2,1H3. The number of fused-ring (bicyclic) bond motifs is 2. The Morgan fingerprint density at radius 3 is 2.34 bits per heavy atom. The molecule has 0 radical (unpaired) electrons. The first-order valence-electron chi connectivity index (χ1n) is 9.86. The number of benzene rings is 2. The molecule has 0 saturated carbocycles. The van der Waals surface area contributed by atoms with Crippen LogP contribution in [0, 0.1) is 10.1 Å². The molecular formula is C21H25N3O4S. The Labute approximate surface area is 170 Å². The van der Waals surface area contributed by atoms with Crippen LogP contribution in [0.25, 0.3) is 0 Å². The van der Waals surface area contributed by atoms with Gasteiger partial charge < -0.3 is 5.32 Å². The van der Waals surface area contributed by atoms with E-state index in [0.29, 0.717) is 17.8 Å². The monoisotopic (exact) mass is 415 g/mol. The quantitative estimate of drug-likeness (QED) is 0.572. The molecule has 4 rings (SSSR count). The fourth-order valence-corrected chi connectivity index (χ4v) is 5.32. The van der Waals surface area contributed by atoms with Crippen LogP contribution in [0.15, 0.2) is 53.4 Å². The number of nitro benzene ring substituents is 1. The van der Waals surface area contributed by atoms with E-state index in [9.17, 15) is 18.5 Å². The van der Waals surface area contributed by atoms with E-state index in [-0.39, 0.29) is 16.6 Å². The number of nitrogens with zero attached hydrogens (tertiary/aromatic N) is 2. The van der Waals surface area contributed by atoms with Crippen LogP contribution in [-0.4, -0.2) is 42.6 Å². The average molecular weight is 416 g/mol. The molecule has 2 aromatic rings. The van der Waals surface area contributed by atoms with Gasteiger partial charge in [0.15, 0.2) is 9.84 Å². The molecule has 2 saturated heterocycles. The Kier molecular flexibility index (Phi) is 5.31. The van der Waals surface area contributed by atoms with E-state index in [0.717, 1.165) is 44.6 Å². The van der Waals surface area contributed by atoms with Crippen LogP contribution in [0.4, 0.5) is 11.4 Å². The van der Waals surface area contributed by atoms with Crippen LogP contribution in [0.3, 0.4) is 0 Å². The minimum absolute atomic E-state index is 0.0347. The van der Waals surface area contributed by atoms with Crippen LogP contribution in [0.5, 0.6) is 0 Å². The van der Waals surface area contributed by atoms with E-state index >= 15 is 0 Å². The highest BCUT2D eigenvalue weighted by atomic mass is 32.2. The Morgan fingerprint density at radius 1 is 1.10 bits per heavy atom. The van der Waals surface area contributed by atoms with Crippen molar-refractivity contribution in [3.63, 3.8) is 0 Å². The highest BCUT2D eigenvalue weighted by molar-refractivity contribution is 7.90. The summed E-state index contributed by atoms with van der Waals surface area (Å²) in [6, 6.07) is 15.6. The molecule has 2 atom stereocenters. The molecule has 0 aliphatic carbocycles. The third kappa shape index (κ3) is 4.28. The van der Waals surface area contributed by atoms with Gasteiger partial charge in [-0.1, -0.05) is 30.3 Å². The van der Waals surface area contributed by atoms with Crippen molar-refractivity contribution in [2.75, 3.05) is 11.6 Å². The molecule has 2 aliphatic heterocycles. The Bertz CT molecular complexity index is 996. The second-order valence-corrected chi connectivity index (χ2v) is 10.1. The first-order chi connectivity index (χ1) is 13.8. The molecule has 8 heteroatoms. The maximum atomic E-state index is 11.7. The van der Waals surface area contributed by atoms with Crippen molar-refractivity contribution in [3.05, 3.63) is 64.2 Å². The smallest absolute Gasteiger partial charge is 0.293 e. The summed E-state index contributed by atoms with van der Waals surface area (Å²) in [7, 11) is -3.49. The number of piperidine rings is 1. The normalized spacial score (nSPS) is 24.4. The summed E-state index contributed by atoms with van der Waals surface area (Å²) in [4.78, 5) is 13.5. The summed E-state index contributed by atoms with van der Waals surface area (Å²) < 4.78 is 23.5. The van der Waals surface area contributed by atoms with Gasteiger partial charge in [-0.3, -0.25) is 15.0 Å². The van der Waals surface area contributed by atoms with Crippen molar-refractivity contribution >= 4 is 21.2 Å². The zero-order valence-electron chi connectivity index (χ0n) is 16.3. The van der Waals surface area contributed by atoms with Gasteiger partial charge in [-0.25, -0.2) is 8.42 Å². The number of hydrogen-bond acceptors (Lipinski definition) is 6. The van der Waals surface area contributed by atoms with E-state index in [2.05, 4.69) is 34.5 Å². The van der Waals surface area contributed by atoms with Crippen LogP contribution in [0.1, 0.15) is 31.2 Å². The van der Waals surface area contributed by atoms with Gasteiger partial charge in [-0.2, -0.15) is 0 Å². The summed E-state index contributed by atoms with van der Waals surface area (Å²) >= 11 is 0. The first kappa shape index (κ1) is 19.8. The molecule has 7 nitrogen and oxygen atoms in total. The Morgan fingerprint density at radius 2 is 1.76 bits per heavy atom. The summed E-state index contributed by atoms with van der Waals surface area (Å²) in [5, 5.41) is 14.8. The van der Waals surface area contributed by atoms with E-state index in [4.69, 9.17) is 0 Å². The van der Waals surface area contributed by atoms with Crippen LogP contribution in [0.2, 0.25) is 0 Å². The Balaban J connectivity index is 1.49. The summed E-state index contributed by atoms with van der Waals surface area (Å²) in [5.74, 6) is 0. The third-order valence-electron chi connectivity index (χ3n) is 6.05. The predicted molar refractivity (Wildman–Crippen MR) is 112 cm³/mol. The Hall–Kier alpha value is -2.45. The van der Waals surface area contributed by atoms with Gasteiger partial charge in [0, 0.05) is 37.0 Å². The maximum Gasteiger partial charge on any atom is 0.293 e. The number of nitro groups is 1. The second-order valence-electron chi connectivity index (χ2n) is 8.06. The highest BCUT2D eigenvalue weighted by Crippen LogP contribution is 2.39. The van der Waals surface area contributed by atoms with Crippen molar-refractivity contribution in [2.24, 2.45) is 0 Å². The SMILES string of the molecule is CS(=O)(=O)c1ccc(NC2CC3CCC(C2)N3Cc2ccccc2)c([N+](=O)[O-])c1. The molecule has 1 N–H and O–H groups in total. The molecule has 2 fully saturated rings. The number of nitrogens with one attached hydrogen (secondary N) is 1. The first-order valence-corrected chi connectivity index (χ1v) is 11.7. The van der Waals surface area contributed by atoms with Gasteiger partial charge in [-0.05, 0) is 43.4 Å². The maximum absolute atomic E-state index is 11.7. The van der Waals surface area contributed by atoms with E-state index in [1.165, 1.54) is 17.7 Å². The highest BCUT2D eigenvalue weighted by Gasteiger charge is 2.40. The van der Waals surface area contributed by atoms with Crippen molar-refractivity contribution < 1.29 is 13.3 Å². The van der Waals surface area contributed by atoms with E-state index < -0.39 is 14.8 Å². The van der Waals surface area contributed by atoms with Crippen molar-refractivity contribution in [3.8, 4) is 0 Å². The van der Waals surface area contributed by atoms with Crippen molar-refractivity contribution in [2.45, 2.75) is 55.2 Å². The fraction of sp³-hybridized carbons (Fsp3) is 0.429. The largest absolute Gasteiger partial charge is 0.377 e. The van der Waals surface area contributed by atoms with Crippen molar-refractivity contribution in [1.29, 1.82) is 0 Å². The van der Waals surface area contributed by atoms with Gasteiger partial charge >= 0.3 is 0 Å². The van der Waals surface area contributed by atoms with Gasteiger partial charge in [0.05, 0.1) is 9.82 Å². The molecule has 2 bridgehead atoms. The minimum Gasteiger partial charge on any atom is -0.377 e. The molecule has 0 spiro atoms. The van der Waals surface area contributed by atoms with Crippen LogP contribution >= 0.6 is 0 Å². The molecule has 2 aliphatic rings. The average Bonchev–Trinajstić information content (AvgIpc) is 2.90. The zero-order chi connectivity index (χ0) is 20.6. The van der Waals surface area contributed by atoms with E-state index in [1.807, 2.05) is 6.07 Å². The minimum atomic E-state index is -3.49. The number of anilines is 1. The van der Waals surface area contributed by atoms with Gasteiger partial charge in [0.25, 0.3) is 5.69 Å². The van der Waals surface area contributed by atoms with Crippen molar-refractivity contribution in [1.82, 2.24) is 4.90 Å². The molecule has 29 heavy (non-hydrogen) atoms. The lowest BCUT2D eigenvalue weighted by molar-refractivity contribution is -0.384. The molecular weight excluding hydrogens is 390 g/mol. The zero-order valence-corrected chi connectivity index (χ0v) is 17.1. The fourth-order valence-electron chi connectivity index (χ4n) is 4.68. The lowest BCUT2D eigenvalue weighted by Gasteiger charge is -2.39. The molecule has 2 aromatic carbocycles. The topological polar surface area (TPSA) is 92.6 Å². The lowest BCUT2D eigenvalue weighted by Crippen LogP contribution is -2.46. The number of sulfone groups is 1. The predicted octanol–water partition coefficient (Wildman–Crippen LogP) is 3.61. The van der Waals surface area contributed by atoms with Gasteiger partial charge in [0.2, 0.25) is 0 Å². The number of hydrogen-bond donors (Lipinski definition) is 1. The van der Waals surface area contributed by atoms with Crippen LogP contribution < -0.4 is 5.32 Å². The van der Waals surface area contributed by atoms with Gasteiger partial charge in [0.1, 0.15) is 5.69 Å². The molecule has 0 amide bonds. The molecule has 154 valence electrons. The lowest BCUT2D eigenvalue weighted by atomic mass is 9.96. The summed E-state index contributed by atoms with van der Waals surface area (Å²) in [6.07, 6.45) is 5.19. The molecule has 2 heterocycles. The van der Waals surface area contributed by atoms with Gasteiger partial charge in [-0.15, -0.1) is 0 Å². The second kappa shape index (κ2) is 7.76. The molecule has 0 aromatic heterocycles. The van der Waals surface area contributed by atoms with Crippen LogP contribution in [-0.2, 0) is 16.4 Å². The third-order valence-corrected chi connectivity index (χ3v) is 7.16. The summed E-state index contributed by atoms with van der Waals surface area (Å²) in [5.41, 5.74) is 1.51. The van der Waals surface area contributed by atoms with E-state index in [1.54, 1.807) is 0 Å².